The van der Waals surface area contributed by atoms with Crippen molar-refractivity contribution >= 4 is 22.8 Å². The number of methoxy groups -OCH3 is 1. The van der Waals surface area contributed by atoms with Crippen LogP contribution in [0, 0.1) is 0 Å². The van der Waals surface area contributed by atoms with Gasteiger partial charge < -0.3 is 9.30 Å². The zero-order valence-electron chi connectivity index (χ0n) is 18.0. The SMILES string of the molecule is COc1ccc(-n2cc(-c3ccccc3)c3c(S[C@@H](C)c4ccccc4)ncnc32)cc1. The Morgan fingerprint density at radius 2 is 1.53 bits per heavy atom. The second kappa shape index (κ2) is 8.89. The fraction of sp³-hybridized carbons (Fsp3) is 0.111. The van der Waals surface area contributed by atoms with Gasteiger partial charge in [0.1, 0.15) is 22.7 Å². The summed E-state index contributed by atoms with van der Waals surface area (Å²) in [6, 6.07) is 29.0. The van der Waals surface area contributed by atoms with Crippen molar-refractivity contribution in [3.63, 3.8) is 0 Å². The molecule has 0 bridgehead atoms. The Morgan fingerprint density at radius 3 is 2.22 bits per heavy atom. The van der Waals surface area contributed by atoms with Crippen LogP contribution in [0.2, 0.25) is 0 Å². The summed E-state index contributed by atoms with van der Waals surface area (Å²) in [6.07, 6.45) is 3.82. The molecule has 0 radical (unpaired) electrons. The first-order chi connectivity index (χ1) is 15.7. The van der Waals surface area contributed by atoms with Crippen LogP contribution in [-0.4, -0.2) is 21.6 Å². The third kappa shape index (κ3) is 3.87. The first-order valence-electron chi connectivity index (χ1n) is 10.5. The fourth-order valence-electron chi connectivity index (χ4n) is 3.86. The molecule has 0 fully saturated rings. The molecule has 5 aromatic rings. The maximum absolute atomic E-state index is 5.33. The Bertz CT molecular complexity index is 1330. The second-order valence-corrected chi connectivity index (χ2v) is 8.85. The van der Waals surface area contributed by atoms with Crippen LogP contribution in [0.25, 0.3) is 27.8 Å². The van der Waals surface area contributed by atoms with Crippen LogP contribution in [0.4, 0.5) is 0 Å². The first-order valence-corrected chi connectivity index (χ1v) is 11.4. The molecule has 0 unspecified atom stereocenters. The van der Waals surface area contributed by atoms with Crippen molar-refractivity contribution in [3.8, 4) is 22.6 Å². The second-order valence-electron chi connectivity index (χ2n) is 7.53. The number of hydrogen-bond donors (Lipinski definition) is 0. The molecule has 32 heavy (non-hydrogen) atoms. The van der Waals surface area contributed by atoms with Crippen LogP contribution in [-0.2, 0) is 0 Å². The van der Waals surface area contributed by atoms with Gasteiger partial charge in [0, 0.05) is 22.7 Å². The van der Waals surface area contributed by atoms with Crippen molar-refractivity contribution in [1.29, 1.82) is 0 Å². The van der Waals surface area contributed by atoms with E-state index in [-0.39, 0.29) is 5.25 Å². The zero-order valence-corrected chi connectivity index (χ0v) is 18.8. The van der Waals surface area contributed by atoms with E-state index in [1.165, 1.54) is 5.56 Å². The summed E-state index contributed by atoms with van der Waals surface area (Å²) >= 11 is 1.77. The number of ether oxygens (including phenoxy) is 1. The van der Waals surface area contributed by atoms with Crippen LogP contribution in [0.5, 0.6) is 5.75 Å². The van der Waals surface area contributed by atoms with Gasteiger partial charge in [-0.2, -0.15) is 0 Å². The predicted molar refractivity (Wildman–Crippen MR) is 132 cm³/mol. The number of aromatic nitrogens is 3. The van der Waals surface area contributed by atoms with Gasteiger partial charge in [-0.1, -0.05) is 72.4 Å². The largest absolute Gasteiger partial charge is 0.497 e. The molecule has 158 valence electrons. The van der Waals surface area contributed by atoms with Gasteiger partial charge in [-0.05, 0) is 42.3 Å². The van der Waals surface area contributed by atoms with Gasteiger partial charge in [-0.25, -0.2) is 9.97 Å². The minimum Gasteiger partial charge on any atom is -0.497 e. The predicted octanol–water partition coefficient (Wildman–Crippen LogP) is 6.95. The summed E-state index contributed by atoms with van der Waals surface area (Å²) in [5.74, 6) is 0.830. The first kappa shape index (κ1) is 20.3. The van der Waals surface area contributed by atoms with E-state index >= 15 is 0 Å². The van der Waals surface area contributed by atoms with Crippen LogP contribution in [0.1, 0.15) is 17.7 Å². The highest BCUT2D eigenvalue weighted by Gasteiger charge is 2.19. The molecule has 0 amide bonds. The van der Waals surface area contributed by atoms with E-state index in [1.807, 2.05) is 24.3 Å². The third-order valence-corrected chi connectivity index (χ3v) is 6.70. The maximum atomic E-state index is 5.33. The van der Waals surface area contributed by atoms with E-state index in [0.717, 1.165) is 38.6 Å². The number of hydrogen-bond acceptors (Lipinski definition) is 4. The molecule has 5 heteroatoms. The lowest BCUT2D eigenvalue weighted by molar-refractivity contribution is 0.415. The fourth-order valence-corrected chi connectivity index (χ4v) is 4.91. The Labute approximate surface area is 191 Å². The van der Waals surface area contributed by atoms with Gasteiger partial charge in [0.15, 0.2) is 0 Å². The van der Waals surface area contributed by atoms with Gasteiger partial charge in [0.2, 0.25) is 0 Å². The molecule has 0 N–H and O–H groups in total. The number of fused-ring (bicyclic) bond motifs is 1. The van der Waals surface area contributed by atoms with Crippen LogP contribution in [0.15, 0.2) is 102 Å². The van der Waals surface area contributed by atoms with E-state index in [0.29, 0.717) is 0 Å². The molecule has 4 nitrogen and oxygen atoms in total. The van der Waals surface area contributed by atoms with Crippen molar-refractivity contribution in [2.75, 3.05) is 7.11 Å². The lowest BCUT2D eigenvalue weighted by Crippen LogP contribution is -1.96. The molecule has 0 aliphatic heterocycles. The summed E-state index contributed by atoms with van der Waals surface area (Å²) < 4.78 is 7.47. The average molecular weight is 438 g/mol. The highest BCUT2D eigenvalue weighted by Crippen LogP contribution is 2.41. The Balaban J connectivity index is 1.67. The Kier molecular flexibility index (Phi) is 5.65. The summed E-state index contributed by atoms with van der Waals surface area (Å²) in [6.45, 7) is 2.22. The van der Waals surface area contributed by atoms with Gasteiger partial charge in [-0.3, -0.25) is 0 Å². The van der Waals surface area contributed by atoms with Crippen molar-refractivity contribution in [2.45, 2.75) is 17.2 Å². The standard InChI is InChI=1S/C27H23N3OS/c1-19(20-9-5-3-6-10-20)32-27-25-24(21-11-7-4-8-12-21)17-30(26(25)28-18-29-27)22-13-15-23(31-2)16-14-22/h3-19H,1-2H3/t19-/m0/s1. The molecule has 0 saturated carbocycles. The minimum absolute atomic E-state index is 0.266. The smallest absolute Gasteiger partial charge is 0.149 e. The molecule has 2 aromatic heterocycles. The highest BCUT2D eigenvalue weighted by atomic mass is 32.2. The molecule has 0 aliphatic rings. The van der Waals surface area contributed by atoms with Gasteiger partial charge in [-0.15, -0.1) is 0 Å². The monoisotopic (exact) mass is 437 g/mol. The lowest BCUT2D eigenvalue weighted by atomic mass is 10.1. The molecule has 5 rings (SSSR count). The molecule has 2 heterocycles. The van der Waals surface area contributed by atoms with Crippen molar-refractivity contribution in [1.82, 2.24) is 14.5 Å². The molecule has 3 aromatic carbocycles. The molecular formula is C27H23N3OS. The third-order valence-electron chi connectivity index (χ3n) is 5.54. The number of thioether (sulfide) groups is 1. The van der Waals surface area contributed by atoms with Crippen LogP contribution < -0.4 is 4.74 Å². The van der Waals surface area contributed by atoms with E-state index in [2.05, 4.69) is 78.4 Å². The van der Waals surface area contributed by atoms with Crippen LogP contribution >= 0.6 is 11.8 Å². The Morgan fingerprint density at radius 1 is 0.844 bits per heavy atom. The van der Waals surface area contributed by atoms with Gasteiger partial charge in [0.25, 0.3) is 0 Å². The van der Waals surface area contributed by atoms with E-state index in [9.17, 15) is 0 Å². The zero-order chi connectivity index (χ0) is 21.9. The Hall–Kier alpha value is -3.57. The maximum Gasteiger partial charge on any atom is 0.149 e. The molecule has 0 spiro atoms. The average Bonchev–Trinajstić information content (AvgIpc) is 3.26. The number of rotatable bonds is 6. The molecule has 1 atom stereocenters. The topological polar surface area (TPSA) is 39.9 Å². The summed E-state index contributed by atoms with van der Waals surface area (Å²) in [5, 5.41) is 2.32. The van der Waals surface area contributed by atoms with Crippen LogP contribution in [0.3, 0.4) is 0 Å². The lowest BCUT2D eigenvalue weighted by Gasteiger charge is -2.12. The highest BCUT2D eigenvalue weighted by molar-refractivity contribution is 7.99. The quantitative estimate of drug-likeness (QED) is 0.213. The van der Waals surface area contributed by atoms with E-state index in [1.54, 1.807) is 25.2 Å². The minimum atomic E-state index is 0.266. The number of nitrogens with zero attached hydrogens (tertiary/aromatic N) is 3. The van der Waals surface area contributed by atoms with E-state index in [4.69, 9.17) is 14.7 Å². The van der Waals surface area contributed by atoms with Crippen molar-refractivity contribution in [3.05, 3.63) is 103 Å². The number of benzene rings is 3. The van der Waals surface area contributed by atoms with E-state index < -0.39 is 0 Å². The summed E-state index contributed by atoms with van der Waals surface area (Å²) in [5.41, 5.74) is 5.48. The summed E-state index contributed by atoms with van der Waals surface area (Å²) in [7, 11) is 1.68. The summed E-state index contributed by atoms with van der Waals surface area (Å²) in [4.78, 5) is 9.41. The molecular weight excluding hydrogens is 414 g/mol. The normalized spacial score (nSPS) is 12.1. The van der Waals surface area contributed by atoms with Crippen molar-refractivity contribution < 1.29 is 4.74 Å². The molecule has 0 saturated heterocycles. The van der Waals surface area contributed by atoms with Crippen molar-refractivity contribution in [2.24, 2.45) is 0 Å². The van der Waals surface area contributed by atoms with Gasteiger partial charge in [0.05, 0.1) is 12.5 Å². The van der Waals surface area contributed by atoms with Gasteiger partial charge >= 0.3 is 0 Å². The molecule has 0 aliphatic carbocycles.